The number of halogens is 2. The zero-order valence-corrected chi connectivity index (χ0v) is 12.6. The number of nitrogens with zero attached hydrogens (tertiary/aromatic N) is 2. The van der Waals surface area contributed by atoms with E-state index >= 15 is 0 Å². The summed E-state index contributed by atoms with van der Waals surface area (Å²) in [4.78, 5) is 0. The van der Waals surface area contributed by atoms with Crippen LogP contribution in [-0.2, 0) is 0 Å². The van der Waals surface area contributed by atoms with Crippen molar-refractivity contribution >= 4 is 51.3 Å². The first-order valence-electron chi connectivity index (χ1n) is 4.74. The molecule has 0 saturated heterocycles. The average molecular weight is 368 g/mol. The predicted molar refractivity (Wildman–Crippen MR) is 77.2 cm³/mol. The van der Waals surface area contributed by atoms with Crippen LogP contribution in [0.1, 0.15) is 24.2 Å². The second-order valence-electron chi connectivity index (χ2n) is 3.59. The molecular formula is C10H11ClIN3S. The molecule has 0 bridgehead atoms. The third kappa shape index (κ3) is 2.08. The second-order valence-corrected chi connectivity index (χ2v) is 6.21. The third-order valence-electron chi connectivity index (χ3n) is 2.48. The van der Waals surface area contributed by atoms with Gasteiger partial charge < -0.3 is 5.73 Å². The molecule has 0 radical (unpaired) electrons. The fourth-order valence-corrected chi connectivity index (χ4v) is 2.86. The van der Waals surface area contributed by atoms with E-state index in [-0.39, 0.29) is 6.04 Å². The molecule has 0 amide bonds. The molecule has 0 saturated carbocycles. The maximum Gasteiger partial charge on any atom is 0.136 e. The standard InChI is InChI=1S/C10H11ClIN3S/c1-5-9(12)10(13)15(14-5)6(2)7-3-8(11)16-4-7/h3-4,6H,13H2,1-2H3. The molecule has 3 nitrogen and oxygen atoms in total. The Balaban J connectivity index is 2.41. The number of nitrogens with two attached hydrogens (primary N) is 1. The van der Waals surface area contributed by atoms with Gasteiger partial charge in [0.15, 0.2) is 0 Å². The monoisotopic (exact) mass is 367 g/mol. The van der Waals surface area contributed by atoms with E-state index in [9.17, 15) is 0 Å². The molecule has 0 aliphatic heterocycles. The van der Waals surface area contributed by atoms with Crippen LogP contribution in [-0.4, -0.2) is 9.78 Å². The smallest absolute Gasteiger partial charge is 0.136 e. The summed E-state index contributed by atoms with van der Waals surface area (Å²) in [5.74, 6) is 0.716. The van der Waals surface area contributed by atoms with Crippen LogP contribution in [0.2, 0.25) is 4.34 Å². The molecule has 6 heteroatoms. The molecule has 0 aromatic carbocycles. The first-order chi connectivity index (χ1) is 7.50. The van der Waals surface area contributed by atoms with Crippen molar-refractivity contribution in [2.75, 3.05) is 5.73 Å². The topological polar surface area (TPSA) is 43.8 Å². The summed E-state index contributed by atoms with van der Waals surface area (Å²) in [6.45, 7) is 4.03. The first kappa shape index (κ1) is 12.2. The minimum Gasteiger partial charge on any atom is -0.383 e. The van der Waals surface area contributed by atoms with Crippen molar-refractivity contribution in [1.29, 1.82) is 0 Å². The van der Waals surface area contributed by atoms with E-state index in [0.717, 1.165) is 19.2 Å². The number of anilines is 1. The Morgan fingerprint density at radius 3 is 2.75 bits per heavy atom. The lowest BCUT2D eigenvalue weighted by Gasteiger charge is -2.12. The van der Waals surface area contributed by atoms with E-state index in [1.165, 1.54) is 11.3 Å². The first-order valence-corrected chi connectivity index (χ1v) is 7.08. The minimum atomic E-state index is 0.117. The van der Waals surface area contributed by atoms with Crippen LogP contribution in [0, 0.1) is 10.5 Å². The lowest BCUT2D eigenvalue weighted by atomic mass is 10.2. The van der Waals surface area contributed by atoms with Gasteiger partial charge >= 0.3 is 0 Å². The van der Waals surface area contributed by atoms with Crippen LogP contribution in [0.5, 0.6) is 0 Å². The van der Waals surface area contributed by atoms with Gasteiger partial charge in [-0.15, -0.1) is 11.3 Å². The summed E-state index contributed by atoms with van der Waals surface area (Å²) < 4.78 is 3.65. The van der Waals surface area contributed by atoms with Crippen molar-refractivity contribution < 1.29 is 0 Å². The van der Waals surface area contributed by atoms with Crippen molar-refractivity contribution in [3.63, 3.8) is 0 Å². The molecule has 2 N–H and O–H groups in total. The fraction of sp³-hybridized carbons (Fsp3) is 0.300. The van der Waals surface area contributed by atoms with Gasteiger partial charge in [-0.1, -0.05) is 11.6 Å². The van der Waals surface area contributed by atoms with E-state index in [0.29, 0.717) is 5.82 Å². The number of hydrogen-bond donors (Lipinski definition) is 1. The molecule has 0 aliphatic rings. The molecule has 0 spiro atoms. The lowest BCUT2D eigenvalue weighted by Crippen LogP contribution is -2.11. The van der Waals surface area contributed by atoms with E-state index < -0.39 is 0 Å². The summed E-state index contributed by atoms with van der Waals surface area (Å²) in [6, 6.07) is 2.08. The Bertz CT molecular complexity index is 520. The van der Waals surface area contributed by atoms with Crippen LogP contribution < -0.4 is 5.73 Å². The van der Waals surface area contributed by atoms with Gasteiger partial charge in [-0.05, 0) is 53.4 Å². The summed E-state index contributed by atoms with van der Waals surface area (Å²) in [6.07, 6.45) is 0. The summed E-state index contributed by atoms with van der Waals surface area (Å²) in [5.41, 5.74) is 8.12. The summed E-state index contributed by atoms with van der Waals surface area (Å²) in [5, 5.41) is 6.48. The van der Waals surface area contributed by atoms with Gasteiger partial charge in [0.05, 0.1) is 19.6 Å². The maximum absolute atomic E-state index is 6.01. The molecule has 86 valence electrons. The third-order valence-corrected chi connectivity index (χ3v) is 4.93. The van der Waals surface area contributed by atoms with Gasteiger partial charge in [-0.3, -0.25) is 0 Å². The molecule has 2 heterocycles. The molecular weight excluding hydrogens is 357 g/mol. The molecule has 1 unspecified atom stereocenters. The van der Waals surface area contributed by atoms with Crippen molar-refractivity contribution in [3.05, 3.63) is 30.6 Å². The van der Waals surface area contributed by atoms with Crippen LogP contribution >= 0.6 is 45.5 Å². The Hall–Kier alpha value is -0.270. The Morgan fingerprint density at radius 1 is 1.62 bits per heavy atom. The molecule has 0 aliphatic carbocycles. The van der Waals surface area contributed by atoms with Gasteiger partial charge in [-0.25, -0.2) is 4.68 Å². The number of nitrogen functional groups attached to an aromatic ring is 1. The number of aryl methyl sites for hydroxylation is 1. The van der Waals surface area contributed by atoms with Crippen molar-refractivity contribution in [2.45, 2.75) is 19.9 Å². The van der Waals surface area contributed by atoms with E-state index in [1.54, 1.807) is 0 Å². The molecule has 16 heavy (non-hydrogen) atoms. The highest BCUT2D eigenvalue weighted by atomic mass is 127. The van der Waals surface area contributed by atoms with Crippen LogP contribution in [0.4, 0.5) is 5.82 Å². The van der Waals surface area contributed by atoms with E-state index in [2.05, 4.69) is 34.6 Å². The summed E-state index contributed by atoms with van der Waals surface area (Å²) >= 11 is 9.67. The Labute approximate surface area is 117 Å². The number of rotatable bonds is 2. The summed E-state index contributed by atoms with van der Waals surface area (Å²) in [7, 11) is 0. The highest BCUT2D eigenvalue weighted by molar-refractivity contribution is 14.1. The zero-order chi connectivity index (χ0) is 11.9. The number of thiophene rings is 1. The fourth-order valence-electron chi connectivity index (χ4n) is 1.52. The predicted octanol–water partition coefficient (Wildman–Crippen LogP) is 3.70. The van der Waals surface area contributed by atoms with Crippen LogP contribution in [0.3, 0.4) is 0 Å². The molecule has 1 atom stereocenters. The maximum atomic E-state index is 6.01. The van der Waals surface area contributed by atoms with Gasteiger partial charge in [0.25, 0.3) is 0 Å². The van der Waals surface area contributed by atoms with E-state index in [1.807, 2.05) is 23.1 Å². The largest absolute Gasteiger partial charge is 0.383 e. The minimum absolute atomic E-state index is 0.117. The van der Waals surface area contributed by atoms with Crippen molar-refractivity contribution in [2.24, 2.45) is 0 Å². The molecule has 0 fully saturated rings. The van der Waals surface area contributed by atoms with Gasteiger partial charge in [0.1, 0.15) is 5.82 Å². The Kier molecular flexibility index (Phi) is 3.46. The van der Waals surface area contributed by atoms with Crippen LogP contribution in [0.25, 0.3) is 0 Å². The second kappa shape index (κ2) is 4.54. The number of hydrogen-bond acceptors (Lipinski definition) is 3. The number of aromatic nitrogens is 2. The normalized spacial score (nSPS) is 13.0. The van der Waals surface area contributed by atoms with Crippen molar-refractivity contribution in [1.82, 2.24) is 9.78 Å². The van der Waals surface area contributed by atoms with Crippen LogP contribution in [0.15, 0.2) is 11.4 Å². The molecule has 2 rings (SSSR count). The Morgan fingerprint density at radius 2 is 2.31 bits per heavy atom. The lowest BCUT2D eigenvalue weighted by molar-refractivity contribution is 0.570. The average Bonchev–Trinajstić information content (AvgIpc) is 2.78. The highest BCUT2D eigenvalue weighted by Crippen LogP contribution is 2.30. The highest BCUT2D eigenvalue weighted by Gasteiger charge is 2.17. The SMILES string of the molecule is Cc1nn(C(C)c2csc(Cl)c2)c(N)c1I. The van der Waals surface area contributed by atoms with Crippen molar-refractivity contribution in [3.8, 4) is 0 Å². The van der Waals surface area contributed by atoms with Gasteiger partial charge in [0, 0.05) is 0 Å². The van der Waals surface area contributed by atoms with Gasteiger partial charge in [-0.2, -0.15) is 5.10 Å². The molecule has 2 aromatic rings. The van der Waals surface area contributed by atoms with Gasteiger partial charge in [0.2, 0.25) is 0 Å². The van der Waals surface area contributed by atoms with E-state index in [4.69, 9.17) is 17.3 Å². The quantitative estimate of drug-likeness (QED) is 0.823. The molecule has 2 aromatic heterocycles. The zero-order valence-electron chi connectivity index (χ0n) is 8.87.